The Bertz CT molecular complexity index is 707. The second-order valence-electron chi connectivity index (χ2n) is 6.93. The molecule has 1 amide bonds. The number of carbonyl (C=O) groups is 1. The Hall–Kier alpha value is -2.35. The Kier molecular flexibility index (Phi) is 6.27. The van der Waals surface area contributed by atoms with Crippen molar-refractivity contribution in [3.63, 3.8) is 0 Å². The topological polar surface area (TPSA) is 67.2 Å². The molecule has 0 spiro atoms. The molecule has 3 rings (SSSR count). The first-order valence-corrected chi connectivity index (χ1v) is 9.02. The summed E-state index contributed by atoms with van der Waals surface area (Å²) in [6.45, 7) is 3.70. The number of likely N-dealkylation sites (tertiary alicyclic amines) is 1. The van der Waals surface area contributed by atoms with Crippen molar-refractivity contribution in [1.82, 2.24) is 30.0 Å². The van der Waals surface area contributed by atoms with E-state index in [1.165, 1.54) is 17.1 Å². The van der Waals surface area contributed by atoms with E-state index in [0.717, 1.165) is 44.6 Å². The summed E-state index contributed by atoms with van der Waals surface area (Å²) in [5, 5.41) is 10.8. The lowest BCUT2D eigenvalue weighted by atomic mass is 9.97. The fourth-order valence-electron chi connectivity index (χ4n) is 3.48. The molecule has 1 aromatic heterocycles. The van der Waals surface area contributed by atoms with E-state index in [4.69, 9.17) is 0 Å². The van der Waals surface area contributed by atoms with E-state index in [0.29, 0.717) is 12.3 Å². The molecule has 26 heavy (non-hydrogen) atoms. The van der Waals surface area contributed by atoms with Gasteiger partial charge in [0.25, 0.3) is 0 Å². The molecule has 0 saturated carbocycles. The minimum atomic E-state index is -0.131. The van der Waals surface area contributed by atoms with E-state index in [1.54, 1.807) is 11.0 Å². The van der Waals surface area contributed by atoms with Crippen LogP contribution in [0.3, 0.4) is 0 Å². The van der Waals surface area contributed by atoms with Crippen molar-refractivity contribution in [1.29, 1.82) is 0 Å². The number of amides is 1. The highest BCUT2D eigenvalue weighted by Gasteiger charge is 2.23. The number of halogens is 1. The summed E-state index contributed by atoms with van der Waals surface area (Å²) in [4.78, 5) is 16.4. The molecule has 2 aromatic rings. The van der Waals surface area contributed by atoms with Gasteiger partial charge in [-0.1, -0.05) is 18.2 Å². The second-order valence-corrected chi connectivity index (χ2v) is 6.93. The maximum Gasteiger partial charge on any atom is 0.244 e. The first kappa shape index (κ1) is 18.4. The van der Waals surface area contributed by atoms with Gasteiger partial charge in [0.2, 0.25) is 5.91 Å². The second kappa shape index (κ2) is 8.84. The molecule has 8 heteroatoms. The van der Waals surface area contributed by atoms with Crippen molar-refractivity contribution in [2.24, 2.45) is 5.92 Å². The van der Waals surface area contributed by atoms with Gasteiger partial charge in [-0.05, 0) is 53.8 Å². The van der Waals surface area contributed by atoms with E-state index in [1.807, 2.05) is 19.2 Å². The molecule has 0 bridgehead atoms. The fourth-order valence-corrected chi connectivity index (χ4v) is 3.48. The lowest BCUT2D eigenvalue weighted by Crippen LogP contribution is -2.43. The normalized spacial score (nSPS) is 18.0. The molecular weight excluding hydrogens is 335 g/mol. The maximum atomic E-state index is 13.8. The van der Waals surface area contributed by atoms with E-state index in [9.17, 15) is 9.18 Å². The zero-order chi connectivity index (χ0) is 18.4. The van der Waals surface area contributed by atoms with Gasteiger partial charge in [0, 0.05) is 26.7 Å². The van der Waals surface area contributed by atoms with Crippen LogP contribution >= 0.6 is 0 Å². The third-order valence-electron chi connectivity index (χ3n) is 4.90. The average Bonchev–Trinajstić information content (AvgIpc) is 3.14. The zero-order valence-corrected chi connectivity index (χ0v) is 15.1. The number of nitrogens with zero attached hydrogens (tertiary/aromatic N) is 6. The quantitative estimate of drug-likeness (QED) is 0.743. The van der Waals surface area contributed by atoms with Gasteiger partial charge in [-0.3, -0.25) is 4.79 Å². The number of aromatic nitrogens is 4. The number of rotatable bonds is 7. The number of likely N-dealkylation sites (N-methyl/N-ethyl adjacent to an activating group) is 1. The Morgan fingerprint density at radius 1 is 1.38 bits per heavy atom. The van der Waals surface area contributed by atoms with Crippen LogP contribution in [0.15, 0.2) is 30.6 Å². The van der Waals surface area contributed by atoms with Crippen LogP contribution in [0.25, 0.3) is 0 Å². The predicted octanol–water partition coefficient (Wildman–Crippen LogP) is 1.23. The monoisotopic (exact) mass is 360 g/mol. The van der Waals surface area contributed by atoms with Crippen molar-refractivity contribution in [2.45, 2.75) is 25.8 Å². The van der Waals surface area contributed by atoms with Gasteiger partial charge in [-0.25, -0.2) is 9.07 Å². The first-order valence-electron chi connectivity index (χ1n) is 9.02. The molecule has 1 saturated heterocycles. The fraction of sp³-hybridized carbons (Fsp3) is 0.556. The molecule has 1 fully saturated rings. The van der Waals surface area contributed by atoms with Crippen LogP contribution in [-0.4, -0.2) is 69.1 Å². The van der Waals surface area contributed by atoms with Crippen LogP contribution < -0.4 is 0 Å². The summed E-state index contributed by atoms with van der Waals surface area (Å²) in [5.41, 5.74) is 0.767. The molecule has 1 aliphatic rings. The molecule has 1 unspecified atom stereocenters. The zero-order valence-electron chi connectivity index (χ0n) is 15.1. The summed E-state index contributed by atoms with van der Waals surface area (Å²) >= 11 is 0. The molecular formula is C18H25FN6O. The van der Waals surface area contributed by atoms with E-state index < -0.39 is 0 Å². The van der Waals surface area contributed by atoms with Crippen LogP contribution in [0.1, 0.15) is 18.4 Å². The van der Waals surface area contributed by atoms with E-state index in [-0.39, 0.29) is 18.3 Å². The van der Waals surface area contributed by atoms with Crippen LogP contribution in [0.4, 0.5) is 4.39 Å². The van der Waals surface area contributed by atoms with Gasteiger partial charge in [0.05, 0.1) is 0 Å². The Morgan fingerprint density at radius 3 is 3.00 bits per heavy atom. The van der Waals surface area contributed by atoms with Gasteiger partial charge in [-0.15, -0.1) is 5.10 Å². The van der Waals surface area contributed by atoms with Crippen molar-refractivity contribution in [3.8, 4) is 0 Å². The Balaban J connectivity index is 1.45. The highest BCUT2D eigenvalue weighted by Crippen LogP contribution is 2.18. The van der Waals surface area contributed by atoms with Crippen LogP contribution in [-0.2, 0) is 17.8 Å². The molecule has 7 nitrogen and oxygen atoms in total. The third kappa shape index (κ3) is 5.08. The highest BCUT2D eigenvalue weighted by molar-refractivity contribution is 5.75. The van der Waals surface area contributed by atoms with Crippen molar-refractivity contribution in [2.75, 3.05) is 33.2 Å². The number of hydrogen-bond donors (Lipinski definition) is 0. The van der Waals surface area contributed by atoms with Crippen LogP contribution in [0.5, 0.6) is 0 Å². The number of piperidine rings is 1. The van der Waals surface area contributed by atoms with Crippen molar-refractivity contribution >= 4 is 5.91 Å². The smallest absolute Gasteiger partial charge is 0.244 e. The lowest BCUT2D eigenvalue weighted by Gasteiger charge is -2.34. The Morgan fingerprint density at radius 2 is 2.23 bits per heavy atom. The molecule has 2 heterocycles. The number of tetrazole rings is 1. The van der Waals surface area contributed by atoms with Crippen LogP contribution in [0, 0.1) is 11.7 Å². The summed E-state index contributed by atoms with van der Waals surface area (Å²) in [6, 6.07) is 6.96. The van der Waals surface area contributed by atoms with E-state index >= 15 is 0 Å². The number of carbonyl (C=O) groups excluding carboxylic acids is 1. The summed E-state index contributed by atoms with van der Waals surface area (Å²) < 4.78 is 15.2. The van der Waals surface area contributed by atoms with Gasteiger partial charge >= 0.3 is 0 Å². The van der Waals surface area contributed by atoms with Gasteiger partial charge in [0.15, 0.2) is 0 Å². The lowest BCUT2D eigenvalue weighted by molar-refractivity contribution is -0.131. The van der Waals surface area contributed by atoms with Gasteiger partial charge in [0.1, 0.15) is 18.7 Å². The maximum absolute atomic E-state index is 13.8. The highest BCUT2D eigenvalue weighted by atomic mass is 19.1. The van der Waals surface area contributed by atoms with Gasteiger partial charge in [-0.2, -0.15) is 0 Å². The first-order chi connectivity index (χ1) is 12.6. The summed E-state index contributed by atoms with van der Waals surface area (Å²) in [6.07, 6.45) is 4.37. The largest absolute Gasteiger partial charge is 0.344 e. The summed E-state index contributed by atoms with van der Waals surface area (Å²) in [5.74, 6) is 0.307. The third-order valence-corrected chi connectivity index (χ3v) is 4.90. The Labute approximate surface area is 152 Å². The minimum Gasteiger partial charge on any atom is -0.344 e. The average molecular weight is 360 g/mol. The molecule has 1 aliphatic heterocycles. The molecule has 1 atom stereocenters. The minimum absolute atomic E-state index is 0.000722. The number of hydrogen-bond acceptors (Lipinski definition) is 5. The van der Waals surface area contributed by atoms with Gasteiger partial charge < -0.3 is 9.80 Å². The molecule has 0 N–H and O–H groups in total. The van der Waals surface area contributed by atoms with Crippen LogP contribution in [0.2, 0.25) is 0 Å². The number of benzene rings is 1. The summed E-state index contributed by atoms with van der Waals surface area (Å²) in [7, 11) is 1.82. The predicted molar refractivity (Wildman–Crippen MR) is 94.7 cm³/mol. The van der Waals surface area contributed by atoms with E-state index in [2.05, 4.69) is 20.4 Å². The van der Waals surface area contributed by atoms with Crippen molar-refractivity contribution < 1.29 is 9.18 Å². The molecule has 1 aromatic carbocycles. The molecule has 140 valence electrons. The molecule has 0 radical (unpaired) electrons. The SMILES string of the molecule is CN(CC1CCCN(CCc2ccccc2F)C1)C(=O)Cn1cnnn1. The molecule has 0 aliphatic carbocycles. The standard InChI is InChI=1S/C18H25FN6O/c1-23(18(26)13-25-14-20-21-22-25)11-15-5-4-9-24(12-15)10-8-16-6-2-3-7-17(16)19/h2-3,6-7,14-15H,4-5,8-13H2,1H3. The van der Waals surface area contributed by atoms with Crippen molar-refractivity contribution in [3.05, 3.63) is 42.0 Å².